The lowest BCUT2D eigenvalue weighted by atomic mass is 10.5. The minimum atomic E-state index is 0.354. The lowest BCUT2D eigenvalue weighted by Crippen LogP contribution is -2.09. The fourth-order valence-electron chi connectivity index (χ4n) is 0.979. The van der Waals surface area contributed by atoms with Crippen molar-refractivity contribution < 1.29 is 22.0 Å². The molecule has 0 heterocycles. The van der Waals surface area contributed by atoms with E-state index >= 15 is 0 Å². The van der Waals surface area contributed by atoms with Crippen molar-refractivity contribution in [2.75, 3.05) is 59.5 Å². The van der Waals surface area contributed by atoms with E-state index in [2.05, 4.69) is 23.7 Å². The molecule has 0 aliphatic heterocycles. The molecular weight excluding hydrogens is 375 g/mol. The summed E-state index contributed by atoms with van der Waals surface area (Å²) in [7, 11) is 0. The van der Waals surface area contributed by atoms with Gasteiger partial charge >= 0.3 is 0 Å². The molecule has 0 aliphatic rings. The molecule has 0 aromatic heterocycles. The molecule has 0 fully saturated rings. The number of hydrogen-bond acceptors (Lipinski definition) is 5. The van der Waals surface area contributed by atoms with E-state index in [4.69, 9.17) is 22.0 Å². The van der Waals surface area contributed by atoms with E-state index in [0.29, 0.717) is 59.5 Å². The summed E-state index contributed by atoms with van der Waals surface area (Å²) >= 11 is 1.82. The van der Waals surface area contributed by atoms with Gasteiger partial charge in [-0.15, -0.1) is 0 Å². The maximum absolute atomic E-state index is 5.27. The first-order chi connectivity index (χ1) is 9.91. The van der Waals surface area contributed by atoms with E-state index in [1.165, 1.54) is 0 Å². The Balaban J connectivity index is 3.22. The van der Waals surface area contributed by atoms with Gasteiger partial charge in [0.25, 0.3) is 0 Å². The molecule has 5 nitrogen and oxygen atoms in total. The zero-order valence-electron chi connectivity index (χ0n) is 11.8. The third kappa shape index (κ3) is 17.6. The Labute approximate surface area is 135 Å². The van der Waals surface area contributed by atoms with Crippen LogP contribution in [0.4, 0.5) is 0 Å². The molecular formula is C14H21IO5. The predicted molar refractivity (Wildman–Crippen MR) is 84.5 cm³/mol. The predicted octanol–water partition coefficient (Wildman–Crippen LogP) is 1.45. The Bertz CT molecular complexity index is 313. The fraction of sp³-hybridized carbons (Fsp3) is 0.714. The van der Waals surface area contributed by atoms with Gasteiger partial charge in [0.2, 0.25) is 0 Å². The van der Waals surface area contributed by atoms with Crippen molar-refractivity contribution in [2.45, 2.75) is 6.92 Å². The van der Waals surface area contributed by atoms with Crippen LogP contribution in [0.2, 0.25) is 0 Å². The minimum Gasteiger partial charge on any atom is -0.379 e. The maximum atomic E-state index is 5.27. The first-order valence-corrected chi connectivity index (χ1v) is 7.30. The Morgan fingerprint density at radius 1 is 0.700 bits per heavy atom. The second-order valence-corrected chi connectivity index (χ2v) is 3.95. The summed E-state index contributed by atoms with van der Waals surface area (Å²) in [6.45, 7) is 6.78. The quantitative estimate of drug-likeness (QED) is 0.284. The standard InChI is InChI=1S/C14H21IO5/c1-2-16-9-10-19-12-11-17-7-5-3-4-6-8-18-13-14-20-15/h2,7-14H2,1H3. The van der Waals surface area contributed by atoms with Gasteiger partial charge in [-0.25, -0.2) is 0 Å². The summed E-state index contributed by atoms with van der Waals surface area (Å²) in [5, 5.41) is 0. The third-order valence-electron chi connectivity index (χ3n) is 1.84. The first-order valence-electron chi connectivity index (χ1n) is 6.42. The van der Waals surface area contributed by atoms with E-state index in [0.717, 1.165) is 0 Å². The van der Waals surface area contributed by atoms with Gasteiger partial charge in [-0.1, -0.05) is 11.8 Å². The van der Waals surface area contributed by atoms with Gasteiger partial charge < -0.3 is 22.0 Å². The molecule has 0 unspecified atom stereocenters. The zero-order valence-corrected chi connectivity index (χ0v) is 13.9. The molecule has 0 spiro atoms. The van der Waals surface area contributed by atoms with Crippen molar-refractivity contribution in [1.82, 2.24) is 0 Å². The molecule has 0 aromatic carbocycles. The number of halogens is 1. The molecule has 0 saturated heterocycles. The highest BCUT2D eigenvalue weighted by Gasteiger charge is 1.88. The monoisotopic (exact) mass is 396 g/mol. The number of hydrogen-bond donors (Lipinski definition) is 0. The molecule has 0 radical (unpaired) electrons. The van der Waals surface area contributed by atoms with Crippen LogP contribution in [0.3, 0.4) is 0 Å². The maximum Gasteiger partial charge on any atom is 0.109 e. The third-order valence-corrected chi connectivity index (χ3v) is 2.28. The molecule has 0 amide bonds. The van der Waals surface area contributed by atoms with E-state index in [-0.39, 0.29) is 0 Å². The average molecular weight is 396 g/mol. The van der Waals surface area contributed by atoms with Crippen molar-refractivity contribution >= 4 is 23.0 Å². The van der Waals surface area contributed by atoms with E-state index < -0.39 is 0 Å². The Hall–Kier alpha value is -0.350. The summed E-state index contributed by atoms with van der Waals surface area (Å²) in [6.07, 6.45) is 0. The van der Waals surface area contributed by atoms with Crippen molar-refractivity contribution in [3.63, 3.8) is 0 Å². The highest BCUT2D eigenvalue weighted by Crippen LogP contribution is 1.84. The smallest absolute Gasteiger partial charge is 0.109 e. The molecule has 6 heteroatoms. The lowest BCUT2D eigenvalue weighted by Gasteiger charge is -2.03. The molecule has 0 aromatic rings. The molecule has 0 atom stereocenters. The largest absolute Gasteiger partial charge is 0.379 e. The number of ether oxygens (including phenoxy) is 4. The first kappa shape index (κ1) is 19.7. The lowest BCUT2D eigenvalue weighted by molar-refractivity contribution is 0.0231. The van der Waals surface area contributed by atoms with Gasteiger partial charge in [0.05, 0.1) is 39.6 Å². The van der Waals surface area contributed by atoms with E-state index in [9.17, 15) is 0 Å². The summed E-state index contributed by atoms with van der Waals surface area (Å²) < 4.78 is 25.6. The SMILES string of the molecule is CCOCCOCCOCC#CC#CCOCCOI. The average Bonchev–Trinajstić information content (AvgIpc) is 2.47. The van der Waals surface area contributed by atoms with Gasteiger partial charge in [-0.05, 0) is 18.8 Å². The fourth-order valence-corrected chi connectivity index (χ4v) is 1.16. The molecule has 0 N–H and O–H groups in total. The van der Waals surface area contributed by atoms with Crippen LogP contribution >= 0.6 is 23.0 Å². The van der Waals surface area contributed by atoms with Crippen molar-refractivity contribution in [3.8, 4) is 23.7 Å². The van der Waals surface area contributed by atoms with Crippen molar-refractivity contribution in [3.05, 3.63) is 0 Å². The highest BCUT2D eigenvalue weighted by atomic mass is 127. The van der Waals surface area contributed by atoms with Crippen LogP contribution < -0.4 is 0 Å². The van der Waals surface area contributed by atoms with Crippen LogP contribution in [0.5, 0.6) is 0 Å². The Morgan fingerprint density at radius 2 is 1.20 bits per heavy atom. The summed E-state index contributed by atoms with van der Waals surface area (Å²) in [5.74, 6) is 10.9. The minimum absolute atomic E-state index is 0.354. The van der Waals surface area contributed by atoms with E-state index in [1.807, 2.05) is 29.9 Å². The molecule has 0 saturated carbocycles. The van der Waals surface area contributed by atoms with Gasteiger partial charge in [-0.2, -0.15) is 0 Å². The van der Waals surface area contributed by atoms with Crippen LogP contribution in [0.1, 0.15) is 6.92 Å². The second kappa shape index (κ2) is 18.7. The van der Waals surface area contributed by atoms with Gasteiger partial charge in [0.15, 0.2) is 0 Å². The van der Waals surface area contributed by atoms with Gasteiger partial charge in [0.1, 0.15) is 36.2 Å². The zero-order chi connectivity index (χ0) is 14.7. The molecule has 20 heavy (non-hydrogen) atoms. The Morgan fingerprint density at radius 3 is 1.75 bits per heavy atom. The normalized spacial score (nSPS) is 9.50. The molecule has 0 bridgehead atoms. The second-order valence-electron chi connectivity index (χ2n) is 3.33. The highest BCUT2D eigenvalue weighted by molar-refractivity contribution is 14.1. The molecule has 0 rings (SSSR count). The van der Waals surface area contributed by atoms with Crippen molar-refractivity contribution in [1.29, 1.82) is 0 Å². The van der Waals surface area contributed by atoms with Gasteiger partial charge in [0, 0.05) is 6.61 Å². The van der Waals surface area contributed by atoms with E-state index in [1.54, 1.807) is 0 Å². The molecule has 114 valence electrons. The summed E-state index contributed by atoms with van der Waals surface area (Å²) in [4.78, 5) is 0. The topological polar surface area (TPSA) is 46.2 Å². The Kier molecular flexibility index (Phi) is 18.3. The van der Waals surface area contributed by atoms with Crippen LogP contribution in [-0.2, 0) is 22.0 Å². The van der Waals surface area contributed by atoms with Gasteiger partial charge in [-0.3, -0.25) is 0 Å². The van der Waals surface area contributed by atoms with Crippen LogP contribution in [0, 0.1) is 23.7 Å². The van der Waals surface area contributed by atoms with Crippen LogP contribution in [-0.4, -0.2) is 59.5 Å². The number of rotatable bonds is 12. The molecule has 0 aliphatic carbocycles. The summed E-state index contributed by atoms with van der Waals surface area (Å²) in [6, 6.07) is 0. The van der Waals surface area contributed by atoms with Crippen molar-refractivity contribution in [2.24, 2.45) is 0 Å². The van der Waals surface area contributed by atoms with Crippen LogP contribution in [0.25, 0.3) is 0 Å². The summed E-state index contributed by atoms with van der Waals surface area (Å²) in [5.41, 5.74) is 0. The van der Waals surface area contributed by atoms with Crippen LogP contribution in [0.15, 0.2) is 0 Å².